The zero-order chi connectivity index (χ0) is 28.6. The van der Waals surface area contributed by atoms with E-state index < -0.39 is 12.1 Å². The molecule has 0 aliphatic carbocycles. The van der Waals surface area contributed by atoms with E-state index in [2.05, 4.69) is 15.6 Å². The number of aromatic amines is 1. The van der Waals surface area contributed by atoms with Gasteiger partial charge in [-0.2, -0.15) is 0 Å². The van der Waals surface area contributed by atoms with Crippen LogP contribution in [0, 0.1) is 0 Å². The van der Waals surface area contributed by atoms with Crippen LogP contribution in [0.1, 0.15) is 41.6 Å². The van der Waals surface area contributed by atoms with E-state index in [-0.39, 0.29) is 30.7 Å². The average molecular weight is 552 g/mol. The first kappa shape index (κ1) is 28.1. The topological polar surface area (TPSA) is 120 Å². The van der Waals surface area contributed by atoms with Crippen molar-refractivity contribution in [3.8, 4) is 0 Å². The Kier molecular flexibility index (Phi) is 9.11. The van der Waals surface area contributed by atoms with Crippen LogP contribution in [0.3, 0.4) is 0 Å². The van der Waals surface area contributed by atoms with Crippen molar-refractivity contribution in [2.75, 3.05) is 6.54 Å². The first-order chi connectivity index (χ1) is 20.0. The molecule has 0 radical (unpaired) electrons. The van der Waals surface area contributed by atoms with Crippen LogP contribution in [0.15, 0.2) is 84.9 Å². The summed E-state index contributed by atoms with van der Waals surface area (Å²) in [6, 6.07) is 25.6. The average Bonchev–Trinajstić information content (AvgIpc) is 3.28. The Labute approximate surface area is 240 Å². The Morgan fingerprint density at radius 1 is 0.927 bits per heavy atom. The van der Waals surface area contributed by atoms with Gasteiger partial charge in [-0.1, -0.05) is 78.9 Å². The van der Waals surface area contributed by atoms with Crippen LogP contribution >= 0.6 is 0 Å². The van der Waals surface area contributed by atoms with Gasteiger partial charge in [0.1, 0.15) is 12.1 Å². The summed E-state index contributed by atoms with van der Waals surface area (Å²) in [5.74, 6) is -0.702. The van der Waals surface area contributed by atoms with Crippen LogP contribution in [0.25, 0.3) is 10.9 Å². The lowest BCUT2D eigenvalue weighted by atomic mass is 10.0. The highest BCUT2D eigenvalue weighted by atomic mass is 16.2. The summed E-state index contributed by atoms with van der Waals surface area (Å²) in [4.78, 5) is 46.1. The van der Waals surface area contributed by atoms with Crippen LogP contribution in [0.4, 0.5) is 0 Å². The largest absolute Gasteiger partial charge is 0.357 e. The first-order valence-corrected chi connectivity index (χ1v) is 14.3. The number of H-pyrrole nitrogens is 1. The molecule has 8 heteroatoms. The van der Waals surface area contributed by atoms with Gasteiger partial charge in [0.15, 0.2) is 0 Å². The smallest absolute Gasteiger partial charge is 0.246 e. The first-order valence-electron chi connectivity index (χ1n) is 14.3. The fraction of sp³-hybridized carbons (Fsp3) is 0.303. The fourth-order valence-electron chi connectivity index (χ4n) is 5.58. The lowest BCUT2D eigenvalue weighted by Crippen LogP contribution is -2.55. The summed E-state index contributed by atoms with van der Waals surface area (Å²) in [6.07, 6.45) is 2.44. The van der Waals surface area contributed by atoms with Gasteiger partial charge in [-0.3, -0.25) is 14.4 Å². The number of rotatable bonds is 11. The van der Waals surface area contributed by atoms with E-state index in [0.29, 0.717) is 32.4 Å². The zero-order valence-electron chi connectivity index (χ0n) is 23.1. The van der Waals surface area contributed by atoms with E-state index in [1.165, 1.54) is 0 Å². The highest BCUT2D eigenvalue weighted by molar-refractivity contribution is 5.94. The maximum absolute atomic E-state index is 14.2. The predicted molar refractivity (Wildman–Crippen MR) is 160 cm³/mol. The van der Waals surface area contributed by atoms with Crippen molar-refractivity contribution in [1.82, 2.24) is 20.5 Å². The zero-order valence-corrected chi connectivity index (χ0v) is 23.1. The van der Waals surface area contributed by atoms with Crippen molar-refractivity contribution in [2.24, 2.45) is 5.73 Å². The second kappa shape index (κ2) is 13.3. The van der Waals surface area contributed by atoms with Crippen LogP contribution in [0.2, 0.25) is 0 Å². The van der Waals surface area contributed by atoms with Gasteiger partial charge in [-0.25, -0.2) is 0 Å². The van der Waals surface area contributed by atoms with Crippen molar-refractivity contribution in [3.05, 3.63) is 107 Å². The molecule has 5 rings (SSSR count). The highest BCUT2D eigenvalue weighted by Crippen LogP contribution is 2.29. The summed E-state index contributed by atoms with van der Waals surface area (Å²) in [5, 5.41) is 7.07. The molecule has 5 N–H and O–H groups in total. The minimum Gasteiger partial charge on any atom is -0.357 e. The Morgan fingerprint density at radius 3 is 2.34 bits per heavy atom. The molecule has 4 aromatic rings. The molecular weight excluding hydrogens is 514 g/mol. The molecule has 212 valence electrons. The quantitative estimate of drug-likeness (QED) is 0.213. The van der Waals surface area contributed by atoms with Gasteiger partial charge in [0.2, 0.25) is 17.7 Å². The van der Waals surface area contributed by atoms with Crippen LogP contribution in [0.5, 0.6) is 0 Å². The van der Waals surface area contributed by atoms with Gasteiger partial charge in [0.05, 0.1) is 13.0 Å². The monoisotopic (exact) mass is 551 g/mol. The molecule has 8 nitrogen and oxygen atoms in total. The number of aromatic nitrogens is 1. The molecule has 0 fully saturated rings. The lowest BCUT2D eigenvalue weighted by molar-refractivity contribution is -0.144. The summed E-state index contributed by atoms with van der Waals surface area (Å²) in [7, 11) is 0. The standard InChI is InChI=1S/C33H37N5O3/c34-18-10-9-17-30(32(40)35-21-24-13-5-2-6-14-24)38-22-29-26(25-15-7-8-16-27(25)36-29)20-28(33(38)41)37-31(39)19-23-11-3-1-4-12-23/h1-8,11-16,28,30,36H,9-10,17-22,34H2,(H,35,40)(H,37,39)/t28-,30-/m1/s1. The van der Waals surface area contributed by atoms with Crippen LogP contribution in [-0.2, 0) is 40.3 Å². The Morgan fingerprint density at radius 2 is 1.61 bits per heavy atom. The minimum absolute atomic E-state index is 0.169. The molecule has 2 heterocycles. The van der Waals surface area contributed by atoms with Crippen molar-refractivity contribution < 1.29 is 14.4 Å². The maximum Gasteiger partial charge on any atom is 0.246 e. The number of benzene rings is 3. The van der Waals surface area contributed by atoms with E-state index in [9.17, 15) is 14.4 Å². The number of carbonyl (C=O) groups is 3. The summed E-state index contributed by atoms with van der Waals surface area (Å²) in [5.41, 5.74) is 10.5. The van der Waals surface area contributed by atoms with Gasteiger partial charge in [-0.15, -0.1) is 0 Å². The number of nitrogens with two attached hydrogens (primary N) is 1. The van der Waals surface area contributed by atoms with Gasteiger partial charge < -0.3 is 26.3 Å². The molecule has 41 heavy (non-hydrogen) atoms. The van der Waals surface area contributed by atoms with Crippen LogP contribution < -0.4 is 16.4 Å². The van der Waals surface area contributed by atoms with Gasteiger partial charge in [0.25, 0.3) is 0 Å². The molecule has 2 atom stereocenters. The molecular formula is C33H37N5O3. The van der Waals surface area contributed by atoms with Crippen molar-refractivity contribution >= 4 is 28.6 Å². The van der Waals surface area contributed by atoms with Gasteiger partial charge >= 0.3 is 0 Å². The Bertz CT molecular complexity index is 1480. The maximum atomic E-state index is 14.2. The number of amides is 3. The molecule has 3 aromatic carbocycles. The molecule has 1 aliphatic heterocycles. The molecule has 0 bridgehead atoms. The van der Waals surface area contributed by atoms with Gasteiger partial charge in [0, 0.05) is 29.6 Å². The SMILES string of the molecule is NCCCC[C@H](C(=O)NCc1ccccc1)N1Cc2[nH]c3ccccc3c2C[C@@H](NC(=O)Cc2ccccc2)C1=O. The van der Waals surface area contributed by atoms with Crippen LogP contribution in [-0.4, -0.2) is 46.2 Å². The lowest BCUT2D eigenvalue weighted by Gasteiger charge is -2.32. The van der Waals surface area contributed by atoms with E-state index in [1.54, 1.807) is 4.90 Å². The number of unbranched alkanes of at least 4 members (excludes halogenated alkanes) is 1. The second-order valence-electron chi connectivity index (χ2n) is 10.6. The minimum atomic E-state index is -0.800. The highest BCUT2D eigenvalue weighted by Gasteiger charge is 2.38. The summed E-state index contributed by atoms with van der Waals surface area (Å²) >= 11 is 0. The molecule has 0 spiro atoms. The third-order valence-electron chi connectivity index (χ3n) is 7.68. The number of nitrogens with one attached hydrogen (secondary N) is 3. The number of hydrogen-bond acceptors (Lipinski definition) is 4. The van der Waals surface area contributed by atoms with Crippen molar-refractivity contribution in [1.29, 1.82) is 0 Å². The molecule has 0 unspecified atom stereocenters. The molecule has 0 saturated heterocycles. The van der Waals surface area contributed by atoms with E-state index in [4.69, 9.17) is 5.73 Å². The third-order valence-corrected chi connectivity index (χ3v) is 7.68. The molecule has 1 aliphatic rings. The molecule has 3 amide bonds. The Balaban J connectivity index is 1.45. The number of fused-ring (bicyclic) bond motifs is 3. The number of carbonyl (C=O) groups excluding carboxylic acids is 3. The number of hydrogen-bond donors (Lipinski definition) is 4. The normalized spacial score (nSPS) is 15.7. The predicted octanol–water partition coefficient (Wildman–Crippen LogP) is 3.59. The molecule has 0 saturated carbocycles. The number of nitrogens with zero attached hydrogens (tertiary/aromatic N) is 1. The number of para-hydroxylation sites is 1. The summed E-state index contributed by atoms with van der Waals surface area (Å²) < 4.78 is 0. The van der Waals surface area contributed by atoms with E-state index in [0.717, 1.165) is 39.7 Å². The summed E-state index contributed by atoms with van der Waals surface area (Å²) in [6.45, 7) is 1.13. The van der Waals surface area contributed by atoms with Crippen molar-refractivity contribution in [3.63, 3.8) is 0 Å². The van der Waals surface area contributed by atoms with Gasteiger partial charge in [-0.05, 0) is 48.6 Å². The second-order valence-corrected chi connectivity index (χ2v) is 10.6. The fourth-order valence-corrected chi connectivity index (χ4v) is 5.58. The van der Waals surface area contributed by atoms with E-state index >= 15 is 0 Å². The Hall–Kier alpha value is -4.43. The van der Waals surface area contributed by atoms with Crippen molar-refractivity contribution in [2.45, 2.75) is 57.3 Å². The molecule has 1 aromatic heterocycles. The third kappa shape index (κ3) is 6.84. The van der Waals surface area contributed by atoms with E-state index in [1.807, 2.05) is 84.9 Å².